The number of nitrogens with one attached hydrogen (secondary N) is 1. The lowest BCUT2D eigenvalue weighted by molar-refractivity contribution is 0.252. The van der Waals surface area contributed by atoms with Crippen molar-refractivity contribution in [1.82, 2.24) is 10.3 Å². The second kappa shape index (κ2) is 5.38. The third-order valence-corrected chi connectivity index (χ3v) is 5.60. The number of hydrogen-bond donors (Lipinski definition) is 1. The molecule has 1 aromatic heterocycles. The SMILES string of the molecule is Cc1cnc(C(C)NC2c3cc(Cl)ccc3CC2(C)C)s1. The predicted molar refractivity (Wildman–Crippen MR) is 90.1 cm³/mol. The highest BCUT2D eigenvalue weighted by Crippen LogP contribution is 2.46. The molecule has 0 fully saturated rings. The quantitative estimate of drug-likeness (QED) is 0.853. The molecule has 1 heterocycles. The van der Waals surface area contributed by atoms with Gasteiger partial charge in [0, 0.05) is 22.1 Å². The fraction of sp³-hybridized carbons (Fsp3) is 0.471. The van der Waals surface area contributed by atoms with Gasteiger partial charge in [0.15, 0.2) is 0 Å². The zero-order valence-corrected chi connectivity index (χ0v) is 14.5. The minimum absolute atomic E-state index is 0.188. The van der Waals surface area contributed by atoms with Crippen LogP contribution in [-0.4, -0.2) is 4.98 Å². The van der Waals surface area contributed by atoms with Crippen LogP contribution >= 0.6 is 22.9 Å². The Balaban J connectivity index is 1.89. The lowest BCUT2D eigenvalue weighted by Crippen LogP contribution is -2.33. The number of fused-ring (bicyclic) bond motifs is 1. The van der Waals surface area contributed by atoms with Crippen LogP contribution < -0.4 is 5.32 Å². The van der Waals surface area contributed by atoms with Gasteiger partial charge in [0.25, 0.3) is 0 Å². The third kappa shape index (κ3) is 2.87. The summed E-state index contributed by atoms with van der Waals surface area (Å²) in [6.07, 6.45) is 3.03. The molecule has 3 rings (SSSR count). The Bertz CT molecular complexity index is 663. The average molecular weight is 321 g/mol. The summed E-state index contributed by atoms with van der Waals surface area (Å²) in [5, 5.41) is 5.74. The first-order valence-corrected chi connectivity index (χ1v) is 8.53. The van der Waals surface area contributed by atoms with Crippen molar-refractivity contribution in [3.05, 3.63) is 50.4 Å². The second-order valence-electron chi connectivity index (χ2n) is 6.64. The number of benzene rings is 1. The Kier molecular flexibility index (Phi) is 3.85. The van der Waals surface area contributed by atoms with E-state index in [9.17, 15) is 0 Å². The summed E-state index contributed by atoms with van der Waals surface area (Å²) in [5.41, 5.74) is 2.94. The second-order valence-corrected chi connectivity index (χ2v) is 8.34. The highest BCUT2D eigenvalue weighted by molar-refractivity contribution is 7.11. The van der Waals surface area contributed by atoms with Crippen molar-refractivity contribution in [1.29, 1.82) is 0 Å². The summed E-state index contributed by atoms with van der Waals surface area (Å²) in [5.74, 6) is 0. The summed E-state index contributed by atoms with van der Waals surface area (Å²) in [6.45, 7) is 8.93. The summed E-state index contributed by atoms with van der Waals surface area (Å²) >= 11 is 7.96. The smallest absolute Gasteiger partial charge is 0.109 e. The molecule has 1 aliphatic carbocycles. The first-order chi connectivity index (χ1) is 9.87. The van der Waals surface area contributed by atoms with Crippen LogP contribution in [0.3, 0.4) is 0 Å². The molecule has 0 spiro atoms. The van der Waals surface area contributed by atoms with Crippen LogP contribution in [0.2, 0.25) is 5.02 Å². The van der Waals surface area contributed by atoms with Crippen molar-refractivity contribution in [2.24, 2.45) is 5.41 Å². The Labute approximate surface area is 135 Å². The highest BCUT2D eigenvalue weighted by atomic mass is 35.5. The van der Waals surface area contributed by atoms with E-state index in [4.69, 9.17) is 11.6 Å². The molecule has 0 aliphatic heterocycles. The van der Waals surface area contributed by atoms with E-state index in [1.807, 2.05) is 12.3 Å². The molecule has 0 saturated carbocycles. The summed E-state index contributed by atoms with van der Waals surface area (Å²) < 4.78 is 0. The average Bonchev–Trinajstić information content (AvgIpc) is 2.93. The third-order valence-electron chi connectivity index (χ3n) is 4.27. The minimum atomic E-state index is 0.188. The van der Waals surface area contributed by atoms with Gasteiger partial charge in [-0.05, 0) is 48.9 Å². The first kappa shape index (κ1) is 15.0. The van der Waals surface area contributed by atoms with Crippen LogP contribution in [0.1, 0.15) is 53.9 Å². The van der Waals surface area contributed by atoms with Gasteiger partial charge in [-0.15, -0.1) is 11.3 Å². The van der Waals surface area contributed by atoms with Crippen LogP contribution in [0.5, 0.6) is 0 Å². The van der Waals surface area contributed by atoms with Crippen LogP contribution in [0.15, 0.2) is 24.4 Å². The van der Waals surface area contributed by atoms with Gasteiger partial charge < -0.3 is 5.32 Å². The molecule has 1 aliphatic rings. The number of aryl methyl sites for hydroxylation is 1. The van der Waals surface area contributed by atoms with Gasteiger partial charge in [0.1, 0.15) is 5.01 Å². The molecule has 2 atom stereocenters. The number of rotatable bonds is 3. The predicted octanol–water partition coefficient (Wildman–Crippen LogP) is 5.08. The number of aromatic nitrogens is 1. The van der Waals surface area contributed by atoms with Gasteiger partial charge in [-0.3, -0.25) is 0 Å². The van der Waals surface area contributed by atoms with Crippen molar-refractivity contribution in [3.8, 4) is 0 Å². The van der Waals surface area contributed by atoms with Gasteiger partial charge in [-0.25, -0.2) is 4.98 Å². The van der Waals surface area contributed by atoms with Crippen molar-refractivity contribution in [2.45, 2.75) is 46.2 Å². The van der Waals surface area contributed by atoms with Crippen LogP contribution in [-0.2, 0) is 6.42 Å². The van der Waals surface area contributed by atoms with E-state index in [-0.39, 0.29) is 11.5 Å². The molecule has 2 aromatic rings. The number of hydrogen-bond acceptors (Lipinski definition) is 3. The van der Waals surface area contributed by atoms with E-state index in [0.717, 1.165) is 16.5 Å². The largest absolute Gasteiger partial charge is 0.301 e. The Morgan fingerprint density at radius 1 is 1.43 bits per heavy atom. The first-order valence-electron chi connectivity index (χ1n) is 7.33. The van der Waals surface area contributed by atoms with E-state index in [0.29, 0.717) is 6.04 Å². The summed E-state index contributed by atoms with van der Waals surface area (Å²) in [4.78, 5) is 5.77. The molecular weight excluding hydrogens is 300 g/mol. The summed E-state index contributed by atoms with van der Waals surface area (Å²) in [7, 11) is 0. The Morgan fingerprint density at radius 2 is 2.19 bits per heavy atom. The van der Waals surface area contributed by atoms with Gasteiger partial charge in [0.05, 0.1) is 6.04 Å². The number of thiazole rings is 1. The fourth-order valence-electron chi connectivity index (χ4n) is 3.22. The molecule has 0 bridgehead atoms. The topological polar surface area (TPSA) is 24.9 Å². The zero-order valence-electron chi connectivity index (χ0n) is 12.9. The van der Waals surface area contributed by atoms with Gasteiger partial charge >= 0.3 is 0 Å². The molecule has 1 aromatic carbocycles. The number of nitrogens with zero attached hydrogens (tertiary/aromatic N) is 1. The van der Waals surface area contributed by atoms with Gasteiger partial charge in [0.2, 0.25) is 0 Å². The highest BCUT2D eigenvalue weighted by Gasteiger charge is 2.39. The van der Waals surface area contributed by atoms with E-state index < -0.39 is 0 Å². The Morgan fingerprint density at radius 3 is 2.86 bits per heavy atom. The Hall–Kier alpha value is -0.900. The molecule has 2 nitrogen and oxygen atoms in total. The normalized spacial score (nSPS) is 21.3. The van der Waals surface area contributed by atoms with Crippen LogP contribution in [0.4, 0.5) is 0 Å². The lowest BCUT2D eigenvalue weighted by atomic mass is 9.85. The molecular formula is C17H21ClN2S. The standard InChI is InChI=1S/C17H21ClN2S/c1-10-9-19-16(21-10)11(2)20-15-14-7-13(18)6-5-12(14)8-17(15,3)4/h5-7,9,11,15,20H,8H2,1-4H3. The van der Waals surface area contributed by atoms with Gasteiger partial charge in [-0.2, -0.15) is 0 Å². The van der Waals surface area contributed by atoms with Crippen molar-refractivity contribution < 1.29 is 0 Å². The summed E-state index contributed by atoms with van der Waals surface area (Å²) in [6, 6.07) is 6.83. The zero-order chi connectivity index (χ0) is 15.2. The maximum Gasteiger partial charge on any atom is 0.109 e. The van der Waals surface area contributed by atoms with E-state index >= 15 is 0 Å². The van der Waals surface area contributed by atoms with Crippen LogP contribution in [0, 0.1) is 12.3 Å². The van der Waals surface area contributed by atoms with Gasteiger partial charge in [-0.1, -0.05) is 31.5 Å². The molecule has 112 valence electrons. The van der Waals surface area contributed by atoms with Crippen molar-refractivity contribution in [2.75, 3.05) is 0 Å². The molecule has 2 unspecified atom stereocenters. The molecule has 1 N–H and O–H groups in total. The maximum absolute atomic E-state index is 6.20. The van der Waals surface area contributed by atoms with E-state index in [2.05, 4.69) is 50.1 Å². The van der Waals surface area contributed by atoms with Crippen LogP contribution in [0.25, 0.3) is 0 Å². The number of halogens is 1. The molecule has 0 amide bonds. The molecule has 0 saturated heterocycles. The van der Waals surface area contributed by atoms with E-state index in [1.165, 1.54) is 16.0 Å². The van der Waals surface area contributed by atoms with Crippen molar-refractivity contribution in [3.63, 3.8) is 0 Å². The molecule has 4 heteroatoms. The van der Waals surface area contributed by atoms with Crippen molar-refractivity contribution >= 4 is 22.9 Å². The maximum atomic E-state index is 6.20. The monoisotopic (exact) mass is 320 g/mol. The lowest BCUT2D eigenvalue weighted by Gasteiger charge is -2.31. The minimum Gasteiger partial charge on any atom is -0.301 e. The molecule has 21 heavy (non-hydrogen) atoms. The molecule has 0 radical (unpaired) electrons. The fourth-order valence-corrected chi connectivity index (χ4v) is 4.18. The van der Waals surface area contributed by atoms with E-state index in [1.54, 1.807) is 11.3 Å².